The Balaban J connectivity index is 1.61. The maximum Gasteiger partial charge on any atom is 0.678 e. The molecule has 0 saturated heterocycles. The Morgan fingerprint density at radius 2 is 1.45 bits per heavy atom. The minimum atomic E-state index is -4.55. The molecule has 1 aliphatic heterocycles. The summed E-state index contributed by atoms with van der Waals surface area (Å²) in [5.41, 5.74) is 7.02. The first-order chi connectivity index (χ1) is 23.5. The monoisotopic (exact) mass is 664 g/mol. The lowest BCUT2D eigenvalue weighted by atomic mass is 9.91. The smallest absolute Gasteiger partial charge is 0.325 e. The predicted molar refractivity (Wildman–Crippen MR) is 189 cm³/mol. The van der Waals surface area contributed by atoms with Crippen LogP contribution in [0.2, 0.25) is 0 Å². The second-order valence-corrected chi connectivity index (χ2v) is 12.8. The van der Waals surface area contributed by atoms with Crippen LogP contribution in [-0.4, -0.2) is 11.9 Å². The molecular formula is C41H38BF5N2. The number of nitrogens with zero attached hydrogens (tertiary/aromatic N) is 2. The van der Waals surface area contributed by atoms with E-state index < -0.39 is 19.1 Å². The second-order valence-electron chi connectivity index (χ2n) is 12.8. The highest BCUT2D eigenvalue weighted by Crippen LogP contribution is 2.40. The maximum absolute atomic E-state index is 15.4. The molecule has 49 heavy (non-hydrogen) atoms. The minimum absolute atomic E-state index is 0.167. The molecule has 0 aliphatic carbocycles. The SMILES string of the molecule is CCCCCCc1ccc(C2=c3ccccc3=N/C2=C(/c2ccc(C(F)(F)F)cc2)c2ccc(-c3c(C)cc(C)cc3C)n2B(F)F)cc1. The standard InChI is InChI=1S/C41H38BF5N2/c1-5-6-7-8-11-29-14-16-30(17-15-29)38-33-12-9-10-13-34(33)48-40(38)39(31-18-20-32(21-19-31)41(43,44)45)36-23-22-35(49(36)42(46)47)37-27(3)24-26(2)25-28(37)4/h9-10,12-25H,5-8,11H2,1-4H3/b40-39-. The van der Waals surface area contributed by atoms with Crippen molar-refractivity contribution in [3.63, 3.8) is 0 Å². The van der Waals surface area contributed by atoms with Crippen molar-refractivity contribution in [1.29, 1.82) is 0 Å². The van der Waals surface area contributed by atoms with Gasteiger partial charge in [0.25, 0.3) is 0 Å². The molecule has 0 radical (unpaired) electrons. The summed E-state index contributed by atoms with van der Waals surface area (Å²) in [6.07, 6.45) is 1.03. The van der Waals surface area contributed by atoms with E-state index in [0.717, 1.165) is 68.9 Å². The zero-order chi connectivity index (χ0) is 34.9. The summed E-state index contributed by atoms with van der Waals surface area (Å²) >= 11 is 0. The normalized spacial score (nSPS) is 13.8. The van der Waals surface area contributed by atoms with E-state index in [4.69, 9.17) is 4.99 Å². The van der Waals surface area contributed by atoms with Crippen LogP contribution in [0.4, 0.5) is 21.8 Å². The molecule has 5 aromatic rings. The Hall–Kier alpha value is -4.72. The molecular weight excluding hydrogens is 626 g/mol. The van der Waals surface area contributed by atoms with Crippen molar-refractivity contribution in [2.45, 2.75) is 66.0 Å². The first-order valence-electron chi connectivity index (χ1n) is 16.8. The molecule has 0 spiro atoms. The number of hydrogen-bond acceptors (Lipinski definition) is 1. The van der Waals surface area contributed by atoms with Gasteiger partial charge in [0.05, 0.1) is 16.6 Å². The van der Waals surface area contributed by atoms with Crippen LogP contribution in [0.15, 0.2) is 108 Å². The van der Waals surface area contributed by atoms with Crippen molar-refractivity contribution in [1.82, 2.24) is 4.48 Å². The van der Waals surface area contributed by atoms with Crippen LogP contribution in [-0.2, 0) is 12.6 Å². The second kappa shape index (κ2) is 14.0. The molecule has 0 saturated carbocycles. The molecule has 0 bridgehead atoms. The minimum Gasteiger partial charge on any atom is -0.325 e. The fourth-order valence-electron chi connectivity index (χ4n) is 7.04. The van der Waals surface area contributed by atoms with Gasteiger partial charge >= 0.3 is 13.6 Å². The number of unbranched alkanes of at least 4 members (excludes halogenated alkanes) is 3. The van der Waals surface area contributed by atoms with Crippen molar-refractivity contribution in [3.05, 3.63) is 158 Å². The molecule has 4 aromatic carbocycles. The molecule has 0 amide bonds. The van der Waals surface area contributed by atoms with Gasteiger partial charge in [-0.1, -0.05) is 98.5 Å². The summed E-state index contributed by atoms with van der Waals surface area (Å²) in [5, 5.41) is 1.50. The Bertz CT molecular complexity index is 2120. The molecule has 6 rings (SSSR count). The number of benzene rings is 4. The zero-order valence-corrected chi connectivity index (χ0v) is 28.1. The largest absolute Gasteiger partial charge is 0.678 e. The van der Waals surface area contributed by atoms with Gasteiger partial charge in [0.15, 0.2) is 0 Å². The van der Waals surface area contributed by atoms with Crippen molar-refractivity contribution < 1.29 is 21.8 Å². The average molecular weight is 665 g/mol. The topological polar surface area (TPSA) is 17.3 Å². The lowest BCUT2D eigenvalue weighted by molar-refractivity contribution is -0.137. The molecule has 0 atom stereocenters. The van der Waals surface area contributed by atoms with E-state index in [1.165, 1.54) is 30.5 Å². The molecule has 1 aliphatic rings. The average Bonchev–Trinajstić information content (AvgIpc) is 3.65. The molecule has 2 heterocycles. The first kappa shape index (κ1) is 34.2. The fourth-order valence-corrected chi connectivity index (χ4v) is 7.04. The zero-order valence-electron chi connectivity index (χ0n) is 28.1. The molecule has 0 unspecified atom stereocenters. The van der Waals surface area contributed by atoms with Crippen LogP contribution in [0.1, 0.15) is 77.2 Å². The summed E-state index contributed by atoms with van der Waals surface area (Å²) < 4.78 is 72.8. The molecule has 1 aromatic heterocycles. The van der Waals surface area contributed by atoms with Crippen LogP contribution < -0.4 is 10.6 Å². The van der Waals surface area contributed by atoms with E-state index in [1.807, 2.05) is 69.3 Å². The van der Waals surface area contributed by atoms with E-state index in [-0.39, 0.29) is 5.69 Å². The summed E-state index contributed by atoms with van der Waals surface area (Å²) in [4.78, 5) is 5.02. The Kier molecular flexibility index (Phi) is 9.78. The third kappa shape index (κ3) is 6.92. The van der Waals surface area contributed by atoms with Crippen LogP contribution in [0.25, 0.3) is 22.4 Å². The number of rotatable bonds is 10. The van der Waals surface area contributed by atoms with E-state index in [9.17, 15) is 13.2 Å². The summed E-state index contributed by atoms with van der Waals surface area (Å²) in [7, 11) is -2.94. The van der Waals surface area contributed by atoms with Crippen LogP contribution in [0.3, 0.4) is 0 Å². The Labute approximate surface area is 284 Å². The summed E-state index contributed by atoms with van der Waals surface area (Å²) in [6, 6.07) is 27.7. The highest BCUT2D eigenvalue weighted by atomic mass is 19.4. The van der Waals surface area contributed by atoms with Crippen molar-refractivity contribution in [2.75, 3.05) is 0 Å². The third-order valence-corrected chi connectivity index (χ3v) is 9.24. The van der Waals surface area contributed by atoms with Gasteiger partial charge in [-0.15, -0.1) is 0 Å². The molecule has 250 valence electrons. The van der Waals surface area contributed by atoms with E-state index in [2.05, 4.69) is 19.1 Å². The van der Waals surface area contributed by atoms with Crippen molar-refractivity contribution >= 4 is 18.5 Å². The fraction of sp³-hybridized carbons (Fsp3) is 0.244. The number of fused-ring (bicyclic) bond motifs is 1. The van der Waals surface area contributed by atoms with Gasteiger partial charge in [0, 0.05) is 33.3 Å². The van der Waals surface area contributed by atoms with Crippen molar-refractivity contribution in [3.8, 4) is 11.3 Å². The first-order valence-corrected chi connectivity index (χ1v) is 16.8. The van der Waals surface area contributed by atoms with E-state index in [0.29, 0.717) is 33.4 Å². The Morgan fingerprint density at radius 1 is 0.776 bits per heavy atom. The maximum atomic E-state index is 15.4. The molecule has 2 nitrogen and oxygen atoms in total. The van der Waals surface area contributed by atoms with E-state index in [1.54, 1.807) is 12.1 Å². The van der Waals surface area contributed by atoms with Gasteiger partial charge in [0.2, 0.25) is 0 Å². The number of allylic oxidation sites excluding steroid dienone is 1. The number of halogens is 5. The van der Waals surface area contributed by atoms with Gasteiger partial charge in [0.1, 0.15) is 0 Å². The van der Waals surface area contributed by atoms with Gasteiger partial charge in [-0.3, -0.25) is 8.63 Å². The number of alkyl halides is 3. The summed E-state index contributed by atoms with van der Waals surface area (Å²) in [5.74, 6) is 0. The van der Waals surface area contributed by atoms with Gasteiger partial charge in [-0.25, -0.2) is 4.99 Å². The number of aryl methyl sites for hydroxylation is 4. The molecule has 0 fully saturated rings. The highest BCUT2D eigenvalue weighted by molar-refractivity contribution is 6.42. The van der Waals surface area contributed by atoms with Crippen molar-refractivity contribution in [2.24, 2.45) is 4.99 Å². The number of hydrogen-bond donors (Lipinski definition) is 0. The van der Waals surface area contributed by atoms with Gasteiger partial charge in [-0.2, -0.15) is 13.2 Å². The number of aromatic nitrogens is 1. The third-order valence-electron chi connectivity index (χ3n) is 9.24. The Morgan fingerprint density at radius 3 is 2.08 bits per heavy atom. The van der Waals surface area contributed by atoms with Crippen LogP contribution in [0, 0.1) is 20.8 Å². The number of para-hydroxylation sites is 1. The molecule has 8 heteroatoms. The summed E-state index contributed by atoms with van der Waals surface area (Å²) in [6.45, 7) is 7.94. The lowest BCUT2D eigenvalue weighted by Gasteiger charge is -2.19. The quantitative estimate of drug-likeness (QED) is 0.0804. The van der Waals surface area contributed by atoms with Crippen LogP contribution >= 0.6 is 0 Å². The van der Waals surface area contributed by atoms with Gasteiger partial charge in [-0.05, 0) is 91.8 Å². The molecule has 0 N–H and O–H groups in total. The lowest BCUT2D eigenvalue weighted by Crippen LogP contribution is -2.22. The predicted octanol–water partition coefficient (Wildman–Crippen LogP) is 10.3. The van der Waals surface area contributed by atoms with E-state index >= 15 is 8.63 Å². The van der Waals surface area contributed by atoms with Gasteiger partial charge < -0.3 is 4.48 Å². The highest BCUT2D eigenvalue weighted by Gasteiger charge is 2.33. The van der Waals surface area contributed by atoms with Crippen LogP contribution in [0.5, 0.6) is 0 Å².